The van der Waals surface area contributed by atoms with Crippen LogP contribution in [0.1, 0.15) is 53.5 Å². The van der Waals surface area contributed by atoms with Gasteiger partial charge in [-0.15, -0.1) is 0 Å². The lowest BCUT2D eigenvalue weighted by Crippen LogP contribution is -2.48. The molecule has 0 spiro atoms. The van der Waals surface area contributed by atoms with E-state index in [1.165, 1.54) is 38.3 Å². The maximum absolute atomic E-state index is 5.82. The fourth-order valence-corrected chi connectivity index (χ4v) is 3.27. The largest absolute Gasteiger partial charge is 0.478 e. The maximum atomic E-state index is 5.82. The van der Waals surface area contributed by atoms with E-state index in [4.69, 9.17) is 4.74 Å². The highest BCUT2D eigenvalue weighted by Crippen LogP contribution is 2.16. The van der Waals surface area contributed by atoms with Crippen molar-refractivity contribution in [2.45, 2.75) is 60.0 Å². The standard InChI is InChI=1S/C22H40N4O/c1-21(2,3)18-26-13-11-25(12-14-26)10-7-15-27-20-9-8-19(16-23-20)17-24-22(4,5)6/h8-9,16,24H,7,10-15,17-18H2,1-6H3. The minimum atomic E-state index is 0.118. The monoisotopic (exact) mass is 376 g/mol. The second-order valence-electron chi connectivity index (χ2n) is 9.99. The van der Waals surface area contributed by atoms with Crippen molar-refractivity contribution in [2.24, 2.45) is 5.41 Å². The number of ether oxygens (including phenoxy) is 1. The molecule has 1 aromatic rings. The second-order valence-corrected chi connectivity index (χ2v) is 9.99. The van der Waals surface area contributed by atoms with Gasteiger partial charge in [-0.05, 0) is 38.2 Å². The van der Waals surface area contributed by atoms with Gasteiger partial charge in [-0.25, -0.2) is 4.98 Å². The molecule has 1 saturated heterocycles. The molecule has 0 bridgehead atoms. The van der Waals surface area contributed by atoms with E-state index in [0.717, 1.165) is 32.0 Å². The van der Waals surface area contributed by atoms with Crippen LogP contribution in [0.4, 0.5) is 0 Å². The molecular weight excluding hydrogens is 336 g/mol. The summed E-state index contributed by atoms with van der Waals surface area (Å²) < 4.78 is 5.82. The Bertz CT molecular complexity index is 537. The maximum Gasteiger partial charge on any atom is 0.213 e. The summed E-state index contributed by atoms with van der Waals surface area (Å²) in [5, 5.41) is 3.47. The summed E-state index contributed by atoms with van der Waals surface area (Å²) >= 11 is 0. The molecule has 0 unspecified atom stereocenters. The van der Waals surface area contributed by atoms with Gasteiger partial charge in [-0.1, -0.05) is 26.8 Å². The summed E-state index contributed by atoms with van der Waals surface area (Å²) in [6, 6.07) is 4.07. The lowest BCUT2D eigenvalue weighted by molar-refractivity contribution is 0.0985. The highest BCUT2D eigenvalue weighted by atomic mass is 16.5. The Labute approximate surface area is 166 Å². The van der Waals surface area contributed by atoms with Crippen molar-refractivity contribution in [2.75, 3.05) is 45.9 Å². The molecule has 2 heterocycles. The van der Waals surface area contributed by atoms with Crippen LogP contribution in [0.25, 0.3) is 0 Å². The zero-order valence-electron chi connectivity index (χ0n) is 18.3. The molecule has 5 heteroatoms. The molecule has 1 aromatic heterocycles. The number of nitrogens with one attached hydrogen (secondary N) is 1. The van der Waals surface area contributed by atoms with Gasteiger partial charge in [0.2, 0.25) is 5.88 Å². The van der Waals surface area contributed by atoms with Crippen LogP contribution in [-0.2, 0) is 6.54 Å². The van der Waals surface area contributed by atoms with Crippen molar-refractivity contribution in [3.63, 3.8) is 0 Å². The minimum Gasteiger partial charge on any atom is -0.478 e. The second kappa shape index (κ2) is 9.85. The van der Waals surface area contributed by atoms with Gasteiger partial charge in [-0.2, -0.15) is 0 Å². The van der Waals surface area contributed by atoms with Crippen molar-refractivity contribution in [1.82, 2.24) is 20.1 Å². The minimum absolute atomic E-state index is 0.118. The first-order valence-corrected chi connectivity index (χ1v) is 10.4. The van der Waals surface area contributed by atoms with Gasteiger partial charge in [0.1, 0.15) is 0 Å². The fraction of sp³-hybridized carbons (Fsp3) is 0.773. The first kappa shape index (κ1) is 22.1. The number of hydrogen-bond donors (Lipinski definition) is 1. The summed E-state index contributed by atoms with van der Waals surface area (Å²) in [6.07, 6.45) is 2.96. The Morgan fingerprint density at radius 2 is 1.67 bits per heavy atom. The molecule has 27 heavy (non-hydrogen) atoms. The van der Waals surface area contributed by atoms with Crippen LogP contribution in [0.15, 0.2) is 18.3 Å². The predicted octanol–water partition coefficient (Wildman–Crippen LogP) is 3.40. The number of rotatable bonds is 8. The zero-order valence-corrected chi connectivity index (χ0v) is 18.3. The van der Waals surface area contributed by atoms with Crippen LogP contribution in [0, 0.1) is 5.41 Å². The average molecular weight is 377 g/mol. The Morgan fingerprint density at radius 1 is 1.00 bits per heavy atom. The summed E-state index contributed by atoms with van der Waals surface area (Å²) in [7, 11) is 0. The van der Waals surface area contributed by atoms with E-state index in [2.05, 4.69) is 67.7 Å². The number of pyridine rings is 1. The van der Waals surface area contributed by atoms with Gasteiger partial charge in [0.25, 0.3) is 0 Å². The van der Waals surface area contributed by atoms with E-state index >= 15 is 0 Å². The molecule has 0 saturated carbocycles. The van der Waals surface area contributed by atoms with Crippen molar-refractivity contribution in [3.05, 3.63) is 23.9 Å². The highest BCUT2D eigenvalue weighted by molar-refractivity contribution is 5.17. The normalized spacial score (nSPS) is 17.3. The molecule has 0 aliphatic carbocycles. The third-order valence-electron chi connectivity index (χ3n) is 4.65. The van der Waals surface area contributed by atoms with Crippen molar-refractivity contribution in [1.29, 1.82) is 0 Å². The number of aromatic nitrogens is 1. The van der Waals surface area contributed by atoms with E-state index in [1.54, 1.807) is 0 Å². The van der Waals surface area contributed by atoms with Crippen LogP contribution >= 0.6 is 0 Å². The van der Waals surface area contributed by atoms with Gasteiger partial charge in [0.15, 0.2) is 0 Å². The van der Waals surface area contributed by atoms with Gasteiger partial charge < -0.3 is 19.9 Å². The first-order valence-electron chi connectivity index (χ1n) is 10.4. The van der Waals surface area contributed by atoms with Crippen molar-refractivity contribution in [3.8, 4) is 5.88 Å². The first-order chi connectivity index (χ1) is 12.6. The molecular formula is C22H40N4O. The number of hydrogen-bond acceptors (Lipinski definition) is 5. The smallest absolute Gasteiger partial charge is 0.213 e. The van der Waals surface area contributed by atoms with E-state index in [1.807, 2.05) is 12.3 Å². The Balaban J connectivity index is 1.59. The number of piperazine rings is 1. The molecule has 1 aliphatic rings. The van der Waals surface area contributed by atoms with E-state index in [9.17, 15) is 0 Å². The third kappa shape index (κ3) is 9.54. The van der Waals surface area contributed by atoms with Crippen LogP contribution in [0.3, 0.4) is 0 Å². The molecule has 0 amide bonds. The third-order valence-corrected chi connectivity index (χ3v) is 4.65. The Morgan fingerprint density at radius 3 is 2.22 bits per heavy atom. The Hall–Kier alpha value is -1.17. The number of nitrogens with zero attached hydrogens (tertiary/aromatic N) is 3. The van der Waals surface area contributed by atoms with Crippen LogP contribution in [0.2, 0.25) is 0 Å². The lowest BCUT2D eigenvalue weighted by atomic mass is 9.96. The van der Waals surface area contributed by atoms with Crippen molar-refractivity contribution >= 4 is 0 Å². The summed E-state index contributed by atoms with van der Waals surface area (Å²) in [6.45, 7) is 22.0. The van der Waals surface area contributed by atoms with Crippen LogP contribution in [-0.4, -0.2) is 66.2 Å². The summed E-state index contributed by atoms with van der Waals surface area (Å²) in [5.41, 5.74) is 1.69. The topological polar surface area (TPSA) is 40.6 Å². The fourth-order valence-electron chi connectivity index (χ4n) is 3.27. The van der Waals surface area contributed by atoms with Gasteiger partial charge in [0, 0.05) is 63.6 Å². The molecule has 1 aliphatic heterocycles. The average Bonchev–Trinajstić information content (AvgIpc) is 2.57. The molecule has 0 radical (unpaired) electrons. The van der Waals surface area contributed by atoms with E-state index in [0.29, 0.717) is 5.41 Å². The van der Waals surface area contributed by atoms with Crippen molar-refractivity contribution < 1.29 is 4.74 Å². The molecule has 154 valence electrons. The quantitative estimate of drug-likeness (QED) is 0.704. The van der Waals surface area contributed by atoms with Crippen LogP contribution < -0.4 is 10.1 Å². The van der Waals surface area contributed by atoms with Gasteiger partial charge >= 0.3 is 0 Å². The van der Waals surface area contributed by atoms with Gasteiger partial charge in [-0.3, -0.25) is 0 Å². The predicted molar refractivity (Wildman–Crippen MR) is 113 cm³/mol. The molecule has 1 N–H and O–H groups in total. The molecule has 2 rings (SSSR count). The molecule has 5 nitrogen and oxygen atoms in total. The van der Waals surface area contributed by atoms with Crippen LogP contribution in [0.5, 0.6) is 5.88 Å². The SMILES string of the molecule is CC(C)(C)CN1CCN(CCCOc2ccc(CNC(C)(C)C)cn2)CC1. The Kier molecular flexibility index (Phi) is 8.07. The zero-order chi connectivity index (χ0) is 19.9. The summed E-state index contributed by atoms with van der Waals surface area (Å²) in [4.78, 5) is 9.57. The van der Waals surface area contributed by atoms with Gasteiger partial charge in [0.05, 0.1) is 6.61 Å². The van der Waals surface area contributed by atoms with E-state index in [-0.39, 0.29) is 5.54 Å². The molecule has 0 atom stereocenters. The summed E-state index contributed by atoms with van der Waals surface area (Å²) in [5.74, 6) is 0.726. The lowest BCUT2D eigenvalue weighted by Gasteiger charge is -2.37. The molecule has 0 aromatic carbocycles. The molecule has 1 fully saturated rings. The highest BCUT2D eigenvalue weighted by Gasteiger charge is 2.21. The van der Waals surface area contributed by atoms with E-state index < -0.39 is 0 Å².